The van der Waals surface area contributed by atoms with Crippen LogP contribution in [0, 0.1) is 0 Å². The number of nitrogens with two attached hydrogens (primary N) is 1. The Bertz CT molecular complexity index is 748. The van der Waals surface area contributed by atoms with Crippen molar-refractivity contribution in [1.82, 2.24) is 9.80 Å². The van der Waals surface area contributed by atoms with Crippen LogP contribution in [0.3, 0.4) is 0 Å². The lowest BCUT2D eigenvalue weighted by Crippen LogP contribution is -2.36. The average Bonchev–Trinajstić information content (AvgIpc) is 3.32. The molecule has 8 heteroatoms. The molecular formula is C18H22ClN3O4. The van der Waals surface area contributed by atoms with Crippen molar-refractivity contribution in [3.8, 4) is 0 Å². The number of benzene rings is 1. The summed E-state index contributed by atoms with van der Waals surface area (Å²) >= 11 is 0. The zero-order chi connectivity index (χ0) is 17.6. The number of hydrogen-bond acceptors (Lipinski definition) is 5. The predicted octanol–water partition coefficient (Wildman–Crippen LogP) is 1.06. The number of ether oxygens (including phenoxy) is 1. The van der Waals surface area contributed by atoms with Gasteiger partial charge < -0.3 is 15.4 Å². The number of rotatable bonds is 3. The minimum Gasteiger partial charge on any atom is -0.376 e. The van der Waals surface area contributed by atoms with Crippen LogP contribution in [-0.2, 0) is 4.74 Å². The first-order chi connectivity index (χ1) is 12.0. The van der Waals surface area contributed by atoms with Gasteiger partial charge in [0.05, 0.1) is 23.8 Å². The van der Waals surface area contributed by atoms with Crippen LogP contribution in [0.4, 0.5) is 0 Å². The van der Waals surface area contributed by atoms with Crippen LogP contribution >= 0.6 is 12.4 Å². The molecule has 140 valence electrons. The third-order valence-electron chi connectivity index (χ3n) is 5.14. The van der Waals surface area contributed by atoms with Gasteiger partial charge in [0.2, 0.25) is 0 Å². The van der Waals surface area contributed by atoms with Gasteiger partial charge in [-0.1, -0.05) is 0 Å². The van der Waals surface area contributed by atoms with Gasteiger partial charge in [0.15, 0.2) is 0 Å². The number of likely N-dealkylation sites (tertiary alicyclic amines) is 1. The second-order valence-corrected chi connectivity index (χ2v) is 6.92. The van der Waals surface area contributed by atoms with Crippen LogP contribution in [0.15, 0.2) is 18.2 Å². The fourth-order valence-corrected chi connectivity index (χ4v) is 3.74. The molecule has 2 fully saturated rings. The fraction of sp³-hybridized carbons (Fsp3) is 0.500. The summed E-state index contributed by atoms with van der Waals surface area (Å²) in [6.07, 6.45) is 2.49. The molecule has 0 radical (unpaired) electrons. The number of nitrogens with zero attached hydrogens (tertiary/aromatic N) is 2. The maximum absolute atomic E-state index is 12.6. The molecule has 7 nitrogen and oxygen atoms in total. The largest absolute Gasteiger partial charge is 0.376 e. The maximum Gasteiger partial charge on any atom is 0.261 e. The van der Waals surface area contributed by atoms with Crippen molar-refractivity contribution in [2.24, 2.45) is 5.73 Å². The predicted molar refractivity (Wildman–Crippen MR) is 96.5 cm³/mol. The fourth-order valence-electron chi connectivity index (χ4n) is 3.74. The van der Waals surface area contributed by atoms with E-state index in [0.717, 1.165) is 19.3 Å². The molecule has 4 rings (SSSR count). The second kappa shape index (κ2) is 7.34. The Hall–Kier alpha value is -1.96. The topological polar surface area (TPSA) is 92.9 Å². The van der Waals surface area contributed by atoms with Gasteiger partial charge in [-0.25, -0.2) is 0 Å². The zero-order valence-corrected chi connectivity index (χ0v) is 15.2. The van der Waals surface area contributed by atoms with Crippen LogP contribution in [-0.4, -0.2) is 65.9 Å². The third-order valence-corrected chi connectivity index (χ3v) is 5.14. The number of fused-ring (bicyclic) bond motifs is 1. The van der Waals surface area contributed by atoms with Gasteiger partial charge in [-0.2, -0.15) is 0 Å². The lowest BCUT2D eigenvalue weighted by Gasteiger charge is -2.18. The van der Waals surface area contributed by atoms with Crippen molar-refractivity contribution >= 4 is 30.1 Å². The van der Waals surface area contributed by atoms with E-state index in [0.29, 0.717) is 36.4 Å². The number of amides is 3. The summed E-state index contributed by atoms with van der Waals surface area (Å²) in [7, 11) is 0. The number of carbonyl (C=O) groups excluding carboxylic acids is 3. The van der Waals surface area contributed by atoms with Gasteiger partial charge in [-0.05, 0) is 37.5 Å². The Labute approximate surface area is 157 Å². The van der Waals surface area contributed by atoms with Crippen molar-refractivity contribution in [2.45, 2.75) is 31.4 Å². The molecule has 2 atom stereocenters. The van der Waals surface area contributed by atoms with Gasteiger partial charge in [0.25, 0.3) is 17.7 Å². The van der Waals surface area contributed by atoms with Gasteiger partial charge in [-0.3, -0.25) is 19.3 Å². The Morgan fingerprint density at radius 2 is 1.96 bits per heavy atom. The van der Waals surface area contributed by atoms with E-state index in [2.05, 4.69) is 0 Å². The Morgan fingerprint density at radius 1 is 1.19 bits per heavy atom. The normalized spacial score (nSPS) is 24.8. The van der Waals surface area contributed by atoms with E-state index in [1.165, 1.54) is 11.0 Å². The highest BCUT2D eigenvalue weighted by molar-refractivity contribution is 6.22. The molecular weight excluding hydrogens is 358 g/mol. The van der Waals surface area contributed by atoms with Crippen molar-refractivity contribution in [2.75, 3.05) is 26.2 Å². The van der Waals surface area contributed by atoms with E-state index in [1.54, 1.807) is 17.0 Å². The van der Waals surface area contributed by atoms with Crippen molar-refractivity contribution in [3.05, 3.63) is 34.9 Å². The molecule has 3 heterocycles. The minimum absolute atomic E-state index is 0. The highest BCUT2D eigenvalue weighted by Gasteiger charge is 2.38. The maximum atomic E-state index is 12.6. The summed E-state index contributed by atoms with van der Waals surface area (Å²) in [6, 6.07) is 4.74. The van der Waals surface area contributed by atoms with Gasteiger partial charge in [-0.15, -0.1) is 12.4 Å². The first kappa shape index (κ1) is 18.8. The quantitative estimate of drug-likeness (QED) is 0.792. The van der Waals surface area contributed by atoms with Gasteiger partial charge in [0.1, 0.15) is 0 Å². The van der Waals surface area contributed by atoms with E-state index in [-0.39, 0.29) is 48.8 Å². The van der Waals surface area contributed by atoms with E-state index in [4.69, 9.17) is 10.5 Å². The van der Waals surface area contributed by atoms with Crippen molar-refractivity contribution in [1.29, 1.82) is 0 Å². The Kier molecular flexibility index (Phi) is 5.32. The minimum atomic E-state index is -0.344. The van der Waals surface area contributed by atoms with E-state index < -0.39 is 0 Å². The summed E-state index contributed by atoms with van der Waals surface area (Å²) in [6.45, 7) is 2.09. The summed E-state index contributed by atoms with van der Waals surface area (Å²) in [5.74, 6) is -0.797. The highest BCUT2D eigenvalue weighted by Crippen LogP contribution is 2.26. The Morgan fingerprint density at radius 3 is 2.62 bits per heavy atom. The van der Waals surface area contributed by atoms with Crippen LogP contribution in [0.2, 0.25) is 0 Å². The molecule has 0 saturated carbocycles. The molecule has 2 saturated heterocycles. The summed E-state index contributed by atoms with van der Waals surface area (Å²) in [5.41, 5.74) is 6.94. The van der Waals surface area contributed by atoms with Gasteiger partial charge in [0, 0.05) is 31.3 Å². The lowest BCUT2D eigenvalue weighted by molar-refractivity contribution is 0.0475. The molecule has 0 aromatic heterocycles. The zero-order valence-electron chi connectivity index (χ0n) is 14.3. The summed E-state index contributed by atoms with van der Waals surface area (Å²) in [4.78, 5) is 40.7. The van der Waals surface area contributed by atoms with Crippen LogP contribution in [0.25, 0.3) is 0 Å². The molecule has 1 aromatic rings. The summed E-state index contributed by atoms with van der Waals surface area (Å²) in [5, 5.41) is 0. The molecule has 26 heavy (non-hydrogen) atoms. The molecule has 0 spiro atoms. The molecule has 0 aliphatic carbocycles. The number of halogens is 1. The lowest BCUT2D eigenvalue weighted by atomic mass is 10.0. The van der Waals surface area contributed by atoms with Gasteiger partial charge >= 0.3 is 0 Å². The van der Waals surface area contributed by atoms with E-state index >= 15 is 0 Å². The molecule has 1 aromatic carbocycles. The third kappa shape index (κ3) is 3.22. The van der Waals surface area contributed by atoms with Crippen LogP contribution in [0.5, 0.6) is 0 Å². The highest BCUT2D eigenvalue weighted by atomic mass is 35.5. The summed E-state index contributed by atoms with van der Waals surface area (Å²) < 4.78 is 5.53. The Balaban J connectivity index is 0.00000196. The van der Waals surface area contributed by atoms with Crippen molar-refractivity contribution < 1.29 is 19.1 Å². The standard InChI is InChI=1S/C18H21N3O4.ClH/c19-12-5-6-20(9-12)16(22)11-3-4-14-15(8-11)18(24)21(17(14)23)10-13-2-1-7-25-13;/h3-4,8,12-13H,1-2,5-7,9-10,19H2;1H/t12-,13?;/m1./s1. The SMILES string of the molecule is Cl.N[C@@H]1CCN(C(=O)c2ccc3c(c2)C(=O)N(CC2CCCO2)C3=O)C1. The van der Waals surface area contributed by atoms with E-state index in [1.807, 2.05) is 0 Å². The average molecular weight is 380 g/mol. The molecule has 3 aliphatic rings. The first-order valence-corrected chi connectivity index (χ1v) is 8.71. The molecule has 0 bridgehead atoms. The monoisotopic (exact) mass is 379 g/mol. The number of carbonyl (C=O) groups is 3. The molecule has 3 aliphatic heterocycles. The second-order valence-electron chi connectivity index (χ2n) is 6.92. The molecule has 3 amide bonds. The molecule has 2 N–H and O–H groups in total. The molecule has 1 unspecified atom stereocenters. The van der Waals surface area contributed by atoms with Crippen LogP contribution < -0.4 is 5.73 Å². The van der Waals surface area contributed by atoms with E-state index in [9.17, 15) is 14.4 Å². The first-order valence-electron chi connectivity index (χ1n) is 8.71. The smallest absolute Gasteiger partial charge is 0.261 e. The number of hydrogen-bond donors (Lipinski definition) is 1. The van der Waals surface area contributed by atoms with Crippen LogP contribution in [0.1, 0.15) is 50.3 Å². The number of imide groups is 1. The van der Waals surface area contributed by atoms with Crippen molar-refractivity contribution in [3.63, 3.8) is 0 Å².